The number of carbonyl (C=O) groups excluding carboxylic acids is 2. The van der Waals surface area contributed by atoms with Gasteiger partial charge in [0.2, 0.25) is 5.13 Å². The Morgan fingerprint density at radius 2 is 1.68 bits per heavy atom. The number of ketones is 1. The summed E-state index contributed by atoms with van der Waals surface area (Å²) >= 11 is 6.06. The van der Waals surface area contributed by atoms with Gasteiger partial charge < -0.3 is 10.2 Å². The molecule has 0 spiro atoms. The summed E-state index contributed by atoms with van der Waals surface area (Å²) in [5, 5.41) is 29.7. The summed E-state index contributed by atoms with van der Waals surface area (Å²) in [6, 6.07) is 20.2. The van der Waals surface area contributed by atoms with E-state index in [2.05, 4.69) is 38.3 Å². The molecule has 1 aliphatic rings. The number of benzene rings is 3. The Hall–Kier alpha value is -3.47. The van der Waals surface area contributed by atoms with E-state index in [0.29, 0.717) is 21.2 Å². The Kier molecular flexibility index (Phi) is 7.14. The molecule has 1 fully saturated rings. The van der Waals surface area contributed by atoms with Gasteiger partial charge in [-0.15, -0.1) is 10.2 Å². The molecule has 1 unspecified atom stereocenters. The summed E-state index contributed by atoms with van der Waals surface area (Å²) < 4.78 is 1.46. The van der Waals surface area contributed by atoms with Crippen molar-refractivity contribution in [2.45, 2.75) is 23.1 Å². The summed E-state index contributed by atoms with van der Waals surface area (Å²) in [6.07, 6.45) is 0. The normalized spacial score (nSPS) is 16.9. The van der Waals surface area contributed by atoms with Gasteiger partial charge in [-0.1, -0.05) is 93.1 Å². The molecule has 0 aliphatic carbocycles. The number of nitrogens with zero attached hydrogens (tertiary/aromatic N) is 3. The molecule has 1 saturated heterocycles. The van der Waals surface area contributed by atoms with Crippen molar-refractivity contribution in [3.63, 3.8) is 0 Å². The Labute approximate surface area is 229 Å². The molecule has 0 bridgehead atoms. The first-order valence-electron chi connectivity index (χ1n) is 11.2. The number of hydrogen-bond acceptors (Lipinski definition) is 8. The number of thioether (sulfide) groups is 1. The van der Waals surface area contributed by atoms with Gasteiger partial charge in [0.1, 0.15) is 11.5 Å². The minimum atomic E-state index is -0.938. The lowest BCUT2D eigenvalue weighted by Crippen LogP contribution is -2.29. The predicted octanol–water partition coefficient (Wildman–Crippen LogP) is 6.23. The zero-order chi connectivity index (χ0) is 26.1. The second-order valence-electron chi connectivity index (χ2n) is 8.39. The van der Waals surface area contributed by atoms with Crippen molar-refractivity contribution in [1.82, 2.24) is 10.2 Å². The van der Waals surface area contributed by atoms with Crippen molar-refractivity contribution in [2.24, 2.45) is 0 Å². The highest BCUT2D eigenvalue weighted by Crippen LogP contribution is 2.44. The maximum Gasteiger partial charge on any atom is 0.301 e. The number of Topliss-reactive ketones (excluding diaryl/α,β-unsaturated/α-hetero) is 1. The molecule has 2 N–H and O–H groups in total. The zero-order valence-electron chi connectivity index (χ0n) is 19.5. The highest BCUT2D eigenvalue weighted by atomic mass is 79.9. The van der Waals surface area contributed by atoms with Crippen LogP contribution in [0.3, 0.4) is 0 Å². The number of aromatic nitrogens is 2. The van der Waals surface area contributed by atoms with Gasteiger partial charge in [-0.3, -0.25) is 14.5 Å². The summed E-state index contributed by atoms with van der Waals surface area (Å²) in [5.74, 6) is -1.19. The molecule has 37 heavy (non-hydrogen) atoms. The van der Waals surface area contributed by atoms with Crippen LogP contribution < -0.4 is 4.90 Å². The third-order valence-electron chi connectivity index (χ3n) is 5.86. The number of carbonyl (C=O) groups is 2. The molecule has 0 saturated carbocycles. The number of aryl methyl sites for hydroxylation is 1. The van der Waals surface area contributed by atoms with E-state index in [-0.39, 0.29) is 22.2 Å². The van der Waals surface area contributed by atoms with Gasteiger partial charge in [-0.05, 0) is 42.3 Å². The van der Waals surface area contributed by atoms with E-state index in [4.69, 9.17) is 0 Å². The molecular formula is C27H20BrN3O4S2. The molecule has 5 rings (SSSR count). The lowest BCUT2D eigenvalue weighted by Gasteiger charge is -2.22. The fraction of sp³-hybridized carbons (Fsp3) is 0.111. The Balaban J connectivity index is 1.53. The topological polar surface area (TPSA) is 104 Å². The van der Waals surface area contributed by atoms with Gasteiger partial charge in [0.05, 0.1) is 11.6 Å². The SMILES string of the molecule is Cc1ccc(CSc2nnc(N3C(=O)C(=O)/C(=C(\O)c4ccc(Br)cc4)C3c3ccc(O)cc3)s2)cc1. The van der Waals surface area contributed by atoms with Crippen molar-refractivity contribution in [3.05, 3.63) is 105 Å². The number of aliphatic hydroxyl groups excluding tert-OH is 1. The summed E-state index contributed by atoms with van der Waals surface area (Å²) in [5.41, 5.74) is 3.20. The van der Waals surface area contributed by atoms with E-state index in [0.717, 1.165) is 10.0 Å². The van der Waals surface area contributed by atoms with Crippen LogP contribution in [-0.2, 0) is 15.3 Å². The number of amides is 1. The fourth-order valence-corrected chi connectivity index (χ4v) is 6.04. The molecule has 0 radical (unpaired) electrons. The van der Waals surface area contributed by atoms with Crippen LogP contribution in [0, 0.1) is 6.92 Å². The average Bonchev–Trinajstić information content (AvgIpc) is 3.46. The van der Waals surface area contributed by atoms with Crippen molar-refractivity contribution >= 4 is 61.6 Å². The molecule has 1 amide bonds. The van der Waals surface area contributed by atoms with Crippen molar-refractivity contribution in [3.8, 4) is 5.75 Å². The maximum atomic E-state index is 13.3. The Morgan fingerprint density at radius 1 is 1.00 bits per heavy atom. The van der Waals surface area contributed by atoms with Crippen LogP contribution in [0.2, 0.25) is 0 Å². The van der Waals surface area contributed by atoms with E-state index in [1.807, 2.05) is 19.1 Å². The second-order valence-corrected chi connectivity index (χ2v) is 11.5. The fourth-order valence-electron chi connectivity index (χ4n) is 3.95. The minimum Gasteiger partial charge on any atom is -0.508 e. The number of aromatic hydroxyl groups is 1. The molecule has 2 heterocycles. The van der Waals surface area contributed by atoms with E-state index >= 15 is 0 Å². The van der Waals surface area contributed by atoms with Crippen LogP contribution in [0.25, 0.3) is 5.76 Å². The van der Waals surface area contributed by atoms with Gasteiger partial charge in [-0.25, -0.2) is 0 Å². The van der Waals surface area contributed by atoms with Crippen molar-refractivity contribution in [2.75, 3.05) is 4.90 Å². The van der Waals surface area contributed by atoms with Crippen LogP contribution in [0.15, 0.2) is 87.2 Å². The smallest absolute Gasteiger partial charge is 0.301 e. The number of anilines is 1. The first kappa shape index (κ1) is 25.2. The van der Waals surface area contributed by atoms with E-state index in [1.165, 1.54) is 45.7 Å². The zero-order valence-corrected chi connectivity index (χ0v) is 22.7. The molecule has 1 aliphatic heterocycles. The van der Waals surface area contributed by atoms with E-state index < -0.39 is 17.7 Å². The number of aliphatic hydroxyl groups is 1. The van der Waals surface area contributed by atoms with Gasteiger partial charge in [0.15, 0.2) is 4.34 Å². The average molecular weight is 595 g/mol. The lowest BCUT2D eigenvalue weighted by molar-refractivity contribution is -0.132. The highest BCUT2D eigenvalue weighted by Gasteiger charge is 2.48. The van der Waals surface area contributed by atoms with Gasteiger partial charge in [0.25, 0.3) is 5.78 Å². The second kappa shape index (κ2) is 10.5. The van der Waals surface area contributed by atoms with E-state index in [9.17, 15) is 19.8 Å². The van der Waals surface area contributed by atoms with Crippen LogP contribution in [0.4, 0.5) is 5.13 Å². The number of rotatable bonds is 6. The molecule has 1 atom stereocenters. The summed E-state index contributed by atoms with van der Waals surface area (Å²) in [4.78, 5) is 27.8. The molecule has 186 valence electrons. The van der Waals surface area contributed by atoms with Crippen molar-refractivity contribution < 1.29 is 19.8 Å². The summed E-state index contributed by atoms with van der Waals surface area (Å²) in [6.45, 7) is 2.03. The first-order valence-corrected chi connectivity index (χ1v) is 13.8. The number of phenols is 1. The lowest BCUT2D eigenvalue weighted by atomic mass is 9.95. The monoisotopic (exact) mass is 593 g/mol. The standard InChI is InChI=1S/C27H20BrN3O4S2/c1-15-2-4-16(5-3-15)14-36-27-30-29-26(37-27)31-22(17-8-12-20(32)13-9-17)21(24(34)25(31)35)23(33)18-6-10-19(28)11-7-18/h2-13,22,32-33H,14H2,1H3/b23-21-. The predicted molar refractivity (Wildman–Crippen MR) is 148 cm³/mol. The van der Waals surface area contributed by atoms with Gasteiger partial charge in [0, 0.05) is 15.8 Å². The molecular weight excluding hydrogens is 574 g/mol. The van der Waals surface area contributed by atoms with Crippen LogP contribution in [-0.4, -0.2) is 32.1 Å². The van der Waals surface area contributed by atoms with Crippen LogP contribution in [0.5, 0.6) is 5.75 Å². The number of halogens is 1. The molecule has 4 aromatic rings. The largest absolute Gasteiger partial charge is 0.508 e. The minimum absolute atomic E-state index is 0.0410. The number of hydrogen-bond donors (Lipinski definition) is 2. The molecule has 10 heteroatoms. The van der Waals surface area contributed by atoms with Gasteiger partial charge in [-0.2, -0.15) is 0 Å². The van der Waals surface area contributed by atoms with Crippen LogP contribution >= 0.6 is 39.0 Å². The summed E-state index contributed by atoms with van der Waals surface area (Å²) in [7, 11) is 0. The quantitative estimate of drug-likeness (QED) is 0.0897. The van der Waals surface area contributed by atoms with Crippen LogP contribution in [0.1, 0.15) is 28.3 Å². The third-order valence-corrected chi connectivity index (χ3v) is 8.51. The Bertz CT molecular complexity index is 1500. The highest BCUT2D eigenvalue weighted by molar-refractivity contribution is 9.10. The molecule has 7 nitrogen and oxygen atoms in total. The number of phenolic OH excluding ortho intramolecular Hbond substituents is 1. The first-order chi connectivity index (χ1) is 17.8. The molecule has 3 aromatic carbocycles. The van der Waals surface area contributed by atoms with E-state index in [1.54, 1.807) is 36.4 Å². The maximum absolute atomic E-state index is 13.3. The Morgan fingerprint density at radius 3 is 2.35 bits per heavy atom. The van der Waals surface area contributed by atoms with Crippen molar-refractivity contribution in [1.29, 1.82) is 0 Å². The molecule has 1 aromatic heterocycles. The third kappa shape index (κ3) is 5.18. The van der Waals surface area contributed by atoms with Gasteiger partial charge >= 0.3 is 5.91 Å².